The Kier molecular flexibility index (Phi) is 6.53. The van der Waals surface area contributed by atoms with Gasteiger partial charge in [-0.25, -0.2) is 0 Å². The van der Waals surface area contributed by atoms with Gasteiger partial charge in [0.1, 0.15) is 0 Å². The molecule has 0 saturated carbocycles. The van der Waals surface area contributed by atoms with Crippen LogP contribution in [0.3, 0.4) is 0 Å². The van der Waals surface area contributed by atoms with E-state index in [4.69, 9.17) is 0 Å². The van der Waals surface area contributed by atoms with Crippen LogP contribution in [-0.2, 0) is 6.42 Å². The molecule has 0 aliphatic heterocycles. The van der Waals surface area contributed by atoms with E-state index >= 15 is 0 Å². The summed E-state index contributed by atoms with van der Waals surface area (Å²) in [5.74, 6) is 0.125. The van der Waals surface area contributed by atoms with Gasteiger partial charge in [0, 0.05) is 25.0 Å². The highest BCUT2D eigenvalue weighted by Crippen LogP contribution is 2.25. The van der Waals surface area contributed by atoms with Gasteiger partial charge >= 0.3 is 0 Å². The normalized spacial score (nSPS) is 13.3. The van der Waals surface area contributed by atoms with Gasteiger partial charge in [0.2, 0.25) is 0 Å². The van der Waals surface area contributed by atoms with E-state index in [1.807, 2.05) is 24.3 Å². The number of nitrogens with one attached hydrogen (secondary N) is 1. The van der Waals surface area contributed by atoms with Crippen molar-refractivity contribution in [2.24, 2.45) is 5.92 Å². The Bertz CT molecular complexity index is 790. The first kappa shape index (κ1) is 18.3. The molecule has 2 atom stereocenters. The molecule has 2 unspecified atom stereocenters. The molecule has 0 amide bonds. The van der Waals surface area contributed by atoms with Crippen molar-refractivity contribution in [3.05, 3.63) is 101 Å². The monoisotopic (exact) mass is 346 g/mol. The number of hydrogen-bond donors (Lipinski definition) is 2. The van der Waals surface area contributed by atoms with Crippen molar-refractivity contribution in [2.75, 3.05) is 13.2 Å². The molecule has 1 heterocycles. The first-order chi connectivity index (χ1) is 12.8. The van der Waals surface area contributed by atoms with Gasteiger partial charge in [0.05, 0.1) is 6.04 Å². The van der Waals surface area contributed by atoms with Crippen molar-refractivity contribution < 1.29 is 5.11 Å². The van der Waals surface area contributed by atoms with Crippen LogP contribution in [0.25, 0.3) is 0 Å². The van der Waals surface area contributed by atoms with E-state index in [0.717, 1.165) is 18.7 Å². The van der Waals surface area contributed by atoms with Crippen LogP contribution < -0.4 is 5.32 Å². The number of aromatic nitrogens is 1. The summed E-state index contributed by atoms with van der Waals surface area (Å²) in [6.45, 7) is 3.00. The molecule has 3 rings (SSSR count). The fraction of sp³-hybridized carbons (Fsp3) is 0.261. The van der Waals surface area contributed by atoms with E-state index < -0.39 is 0 Å². The Labute approximate surface area is 155 Å². The number of aryl methyl sites for hydroxylation is 1. The van der Waals surface area contributed by atoms with Gasteiger partial charge in [0.15, 0.2) is 0 Å². The summed E-state index contributed by atoms with van der Waals surface area (Å²) in [5, 5.41) is 13.5. The van der Waals surface area contributed by atoms with Crippen LogP contribution in [0.1, 0.15) is 28.4 Å². The van der Waals surface area contributed by atoms with Gasteiger partial charge in [-0.1, -0.05) is 60.7 Å². The fourth-order valence-electron chi connectivity index (χ4n) is 3.26. The lowest BCUT2D eigenvalue weighted by molar-refractivity contribution is 0.219. The molecule has 2 N–H and O–H groups in total. The van der Waals surface area contributed by atoms with Crippen LogP contribution in [0.5, 0.6) is 0 Å². The molecule has 1 aromatic heterocycles. The van der Waals surface area contributed by atoms with Crippen LogP contribution in [0, 0.1) is 12.8 Å². The predicted octanol–water partition coefficient (Wildman–Crippen LogP) is 3.92. The molecule has 134 valence electrons. The van der Waals surface area contributed by atoms with E-state index in [1.165, 1.54) is 16.7 Å². The Morgan fingerprint density at radius 2 is 1.65 bits per heavy atom. The Morgan fingerprint density at radius 1 is 0.923 bits per heavy atom. The van der Waals surface area contributed by atoms with Crippen molar-refractivity contribution >= 4 is 0 Å². The zero-order valence-electron chi connectivity index (χ0n) is 15.2. The van der Waals surface area contributed by atoms with Gasteiger partial charge < -0.3 is 10.4 Å². The average Bonchev–Trinajstić information content (AvgIpc) is 2.70. The van der Waals surface area contributed by atoms with Gasteiger partial charge in [-0.3, -0.25) is 4.98 Å². The Balaban J connectivity index is 1.76. The zero-order valence-corrected chi connectivity index (χ0v) is 15.2. The molecule has 2 aromatic carbocycles. The Hall–Kier alpha value is -2.49. The van der Waals surface area contributed by atoms with E-state index in [2.05, 4.69) is 65.8 Å². The van der Waals surface area contributed by atoms with Gasteiger partial charge in [-0.2, -0.15) is 0 Å². The smallest absolute Gasteiger partial charge is 0.0579 e. The third-order valence-electron chi connectivity index (χ3n) is 4.73. The van der Waals surface area contributed by atoms with Crippen molar-refractivity contribution in [1.82, 2.24) is 10.3 Å². The second-order valence-corrected chi connectivity index (χ2v) is 6.68. The number of nitrogens with zero attached hydrogens (tertiary/aromatic N) is 1. The average molecular weight is 346 g/mol. The highest BCUT2D eigenvalue weighted by atomic mass is 16.3. The number of pyridine rings is 1. The highest BCUT2D eigenvalue weighted by molar-refractivity contribution is 5.36. The van der Waals surface area contributed by atoms with E-state index in [1.54, 1.807) is 6.20 Å². The van der Waals surface area contributed by atoms with Crippen molar-refractivity contribution in [3.63, 3.8) is 0 Å². The van der Waals surface area contributed by atoms with Crippen LogP contribution in [0.15, 0.2) is 79.0 Å². The maximum Gasteiger partial charge on any atom is 0.0579 e. The minimum absolute atomic E-state index is 0.107. The first-order valence-electron chi connectivity index (χ1n) is 9.12. The van der Waals surface area contributed by atoms with Gasteiger partial charge in [0.25, 0.3) is 0 Å². The van der Waals surface area contributed by atoms with Crippen LogP contribution in [0.4, 0.5) is 0 Å². The van der Waals surface area contributed by atoms with E-state index in [9.17, 15) is 5.11 Å². The highest BCUT2D eigenvalue weighted by Gasteiger charge is 2.18. The molecule has 0 bridgehead atoms. The molecule has 0 aliphatic rings. The minimum atomic E-state index is 0.107. The predicted molar refractivity (Wildman–Crippen MR) is 106 cm³/mol. The molecular weight excluding hydrogens is 320 g/mol. The summed E-state index contributed by atoms with van der Waals surface area (Å²) < 4.78 is 0. The summed E-state index contributed by atoms with van der Waals surface area (Å²) >= 11 is 0. The van der Waals surface area contributed by atoms with Crippen molar-refractivity contribution in [3.8, 4) is 0 Å². The Morgan fingerprint density at radius 3 is 2.35 bits per heavy atom. The molecule has 0 aliphatic carbocycles. The topological polar surface area (TPSA) is 45.1 Å². The van der Waals surface area contributed by atoms with Gasteiger partial charge in [-0.05, 0) is 48.1 Å². The molecule has 26 heavy (non-hydrogen) atoms. The third-order valence-corrected chi connectivity index (χ3v) is 4.73. The first-order valence-corrected chi connectivity index (χ1v) is 9.12. The maximum atomic E-state index is 9.83. The van der Waals surface area contributed by atoms with E-state index in [-0.39, 0.29) is 18.6 Å². The number of rotatable bonds is 8. The fourth-order valence-corrected chi connectivity index (χ4v) is 3.26. The quantitative estimate of drug-likeness (QED) is 0.650. The molecule has 3 nitrogen and oxygen atoms in total. The lowest BCUT2D eigenvalue weighted by Crippen LogP contribution is -2.31. The van der Waals surface area contributed by atoms with Crippen molar-refractivity contribution in [1.29, 1.82) is 0 Å². The third kappa shape index (κ3) is 4.78. The standard InChI is InChI=1S/C23H26N2O/c1-18-9-5-6-13-22(18)23(20-10-3-2-4-11-20)25-16-19(17-26)15-21-12-7-8-14-24-21/h2-14,19,23,25-26H,15-17H2,1H3. The molecule has 0 saturated heterocycles. The largest absolute Gasteiger partial charge is 0.396 e. The molecular formula is C23H26N2O. The number of hydrogen-bond acceptors (Lipinski definition) is 3. The molecule has 0 spiro atoms. The summed E-state index contributed by atoms with van der Waals surface area (Å²) in [6, 6.07) is 25.0. The summed E-state index contributed by atoms with van der Waals surface area (Å²) in [6.07, 6.45) is 2.57. The lowest BCUT2D eigenvalue weighted by Gasteiger charge is -2.24. The van der Waals surface area contributed by atoms with Crippen LogP contribution in [0.2, 0.25) is 0 Å². The molecule has 3 aromatic rings. The second kappa shape index (κ2) is 9.27. The summed E-state index contributed by atoms with van der Waals surface area (Å²) in [4.78, 5) is 4.39. The molecule has 0 fully saturated rings. The second-order valence-electron chi connectivity index (χ2n) is 6.68. The minimum Gasteiger partial charge on any atom is -0.396 e. The maximum absolute atomic E-state index is 9.83. The van der Waals surface area contributed by atoms with E-state index in [0.29, 0.717) is 0 Å². The number of benzene rings is 2. The lowest BCUT2D eigenvalue weighted by atomic mass is 9.94. The number of aliphatic hydroxyl groups is 1. The van der Waals surface area contributed by atoms with Crippen molar-refractivity contribution in [2.45, 2.75) is 19.4 Å². The molecule has 0 radical (unpaired) electrons. The molecule has 3 heteroatoms. The summed E-state index contributed by atoms with van der Waals surface area (Å²) in [5.41, 5.74) is 4.78. The number of aliphatic hydroxyl groups excluding tert-OH is 1. The SMILES string of the molecule is Cc1ccccc1C(NCC(CO)Cc1ccccn1)c1ccccc1. The van der Waals surface area contributed by atoms with Gasteiger partial charge in [-0.15, -0.1) is 0 Å². The zero-order chi connectivity index (χ0) is 18.2. The van der Waals surface area contributed by atoms with Crippen LogP contribution >= 0.6 is 0 Å². The van der Waals surface area contributed by atoms with Crippen LogP contribution in [-0.4, -0.2) is 23.2 Å². The summed E-state index contributed by atoms with van der Waals surface area (Å²) in [7, 11) is 0.